The highest BCUT2D eigenvalue weighted by atomic mass is 16.5. The van der Waals surface area contributed by atoms with Crippen LogP contribution in [-0.2, 0) is 0 Å². The van der Waals surface area contributed by atoms with E-state index in [2.05, 4.69) is 17.0 Å². The maximum absolute atomic E-state index is 6.01. The zero-order chi connectivity index (χ0) is 12.8. The summed E-state index contributed by atoms with van der Waals surface area (Å²) in [5, 5.41) is 0. The molecule has 1 aromatic rings. The second-order valence-corrected chi connectivity index (χ2v) is 4.94. The summed E-state index contributed by atoms with van der Waals surface area (Å²) in [7, 11) is 1.73. The Morgan fingerprint density at radius 3 is 2.44 bits per heavy atom. The first-order valence-corrected chi connectivity index (χ1v) is 6.94. The standard InChI is InChI=1S/C15H24N2O/c1-18-15-9-5-4-8-13(15)14(12-16)17-10-6-2-3-7-11-17/h4-5,8-9,14H,2-3,6-7,10-12,16H2,1H3/t14-/m0/s1. The van der Waals surface area contributed by atoms with Crippen LogP contribution in [-0.4, -0.2) is 31.6 Å². The molecule has 1 heterocycles. The Labute approximate surface area is 110 Å². The SMILES string of the molecule is COc1ccccc1[C@H](CN)N1CCCCCC1. The number of methoxy groups -OCH3 is 1. The maximum Gasteiger partial charge on any atom is 0.123 e. The van der Waals surface area contributed by atoms with Gasteiger partial charge in [-0.25, -0.2) is 0 Å². The molecule has 1 aliphatic heterocycles. The highest BCUT2D eigenvalue weighted by molar-refractivity contribution is 5.36. The molecule has 0 saturated carbocycles. The molecule has 100 valence electrons. The highest BCUT2D eigenvalue weighted by Gasteiger charge is 2.22. The molecule has 0 amide bonds. The van der Waals surface area contributed by atoms with Gasteiger partial charge < -0.3 is 10.5 Å². The summed E-state index contributed by atoms with van der Waals surface area (Å²) in [6.07, 6.45) is 5.26. The molecule has 18 heavy (non-hydrogen) atoms. The normalized spacial score (nSPS) is 19.2. The number of rotatable bonds is 4. The molecule has 0 unspecified atom stereocenters. The third kappa shape index (κ3) is 3.03. The molecule has 1 atom stereocenters. The Morgan fingerprint density at radius 1 is 1.17 bits per heavy atom. The summed E-state index contributed by atoms with van der Waals surface area (Å²) < 4.78 is 5.47. The number of hydrogen-bond donors (Lipinski definition) is 1. The molecule has 2 N–H and O–H groups in total. The molecule has 1 fully saturated rings. The molecule has 0 bridgehead atoms. The van der Waals surface area contributed by atoms with E-state index < -0.39 is 0 Å². The largest absolute Gasteiger partial charge is 0.496 e. The molecule has 3 nitrogen and oxygen atoms in total. The summed E-state index contributed by atoms with van der Waals surface area (Å²) in [6.45, 7) is 2.96. The van der Waals surface area contributed by atoms with Gasteiger partial charge in [0.15, 0.2) is 0 Å². The van der Waals surface area contributed by atoms with E-state index in [0.717, 1.165) is 18.8 Å². The fraction of sp³-hybridized carbons (Fsp3) is 0.600. The smallest absolute Gasteiger partial charge is 0.123 e. The van der Waals surface area contributed by atoms with Crippen LogP contribution in [0, 0.1) is 0 Å². The third-order valence-corrected chi connectivity index (χ3v) is 3.80. The van der Waals surface area contributed by atoms with E-state index >= 15 is 0 Å². The van der Waals surface area contributed by atoms with E-state index in [1.54, 1.807) is 7.11 Å². The van der Waals surface area contributed by atoms with Crippen molar-refractivity contribution in [1.29, 1.82) is 0 Å². The predicted octanol–water partition coefficient (Wildman–Crippen LogP) is 2.57. The summed E-state index contributed by atoms with van der Waals surface area (Å²) in [6, 6.07) is 8.53. The molecule has 2 rings (SSSR count). The number of hydrogen-bond acceptors (Lipinski definition) is 3. The number of nitrogens with two attached hydrogens (primary N) is 1. The van der Waals surface area contributed by atoms with Crippen LogP contribution < -0.4 is 10.5 Å². The molecule has 0 aromatic heterocycles. The number of para-hydroxylation sites is 1. The van der Waals surface area contributed by atoms with Crippen molar-refractivity contribution in [3.05, 3.63) is 29.8 Å². The molecule has 1 saturated heterocycles. The van der Waals surface area contributed by atoms with Gasteiger partial charge in [0.2, 0.25) is 0 Å². The minimum atomic E-state index is 0.291. The van der Waals surface area contributed by atoms with Gasteiger partial charge >= 0.3 is 0 Å². The van der Waals surface area contributed by atoms with Crippen molar-refractivity contribution >= 4 is 0 Å². The van der Waals surface area contributed by atoms with Crippen molar-refractivity contribution in [2.24, 2.45) is 5.73 Å². The fourth-order valence-corrected chi connectivity index (χ4v) is 2.82. The van der Waals surface area contributed by atoms with Crippen LogP contribution in [0.4, 0.5) is 0 Å². The second-order valence-electron chi connectivity index (χ2n) is 4.94. The number of ether oxygens (including phenoxy) is 1. The van der Waals surface area contributed by atoms with Gasteiger partial charge in [0, 0.05) is 12.1 Å². The van der Waals surface area contributed by atoms with Crippen LogP contribution in [0.5, 0.6) is 5.75 Å². The van der Waals surface area contributed by atoms with Crippen LogP contribution >= 0.6 is 0 Å². The highest BCUT2D eigenvalue weighted by Crippen LogP contribution is 2.30. The summed E-state index contributed by atoms with van der Waals surface area (Å²) in [4.78, 5) is 2.52. The first-order valence-electron chi connectivity index (χ1n) is 6.94. The first kappa shape index (κ1) is 13.4. The van der Waals surface area contributed by atoms with Gasteiger partial charge in [-0.1, -0.05) is 31.0 Å². The van der Waals surface area contributed by atoms with Crippen molar-refractivity contribution < 1.29 is 4.74 Å². The van der Waals surface area contributed by atoms with Crippen molar-refractivity contribution in [1.82, 2.24) is 4.90 Å². The summed E-state index contributed by atoms with van der Waals surface area (Å²) >= 11 is 0. The van der Waals surface area contributed by atoms with Gasteiger partial charge in [-0.05, 0) is 32.0 Å². The Hall–Kier alpha value is -1.06. The van der Waals surface area contributed by atoms with Crippen LogP contribution in [0.25, 0.3) is 0 Å². The van der Waals surface area contributed by atoms with Gasteiger partial charge in [0.05, 0.1) is 13.2 Å². The predicted molar refractivity (Wildman–Crippen MR) is 74.8 cm³/mol. The van der Waals surface area contributed by atoms with Crippen LogP contribution in [0.2, 0.25) is 0 Å². The van der Waals surface area contributed by atoms with Crippen molar-refractivity contribution in [3.8, 4) is 5.75 Å². The van der Waals surface area contributed by atoms with Gasteiger partial charge in [0.1, 0.15) is 5.75 Å². The summed E-state index contributed by atoms with van der Waals surface area (Å²) in [5.41, 5.74) is 7.24. The molecule has 1 aliphatic rings. The van der Waals surface area contributed by atoms with Gasteiger partial charge in [-0.2, -0.15) is 0 Å². The average molecular weight is 248 g/mol. The molecule has 0 radical (unpaired) electrons. The summed E-state index contributed by atoms with van der Waals surface area (Å²) in [5.74, 6) is 0.956. The molecule has 0 aliphatic carbocycles. The zero-order valence-electron chi connectivity index (χ0n) is 11.3. The number of nitrogens with zero attached hydrogens (tertiary/aromatic N) is 1. The zero-order valence-corrected chi connectivity index (χ0v) is 11.3. The van der Waals surface area contributed by atoms with Gasteiger partial charge in [0.25, 0.3) is 0 Å². The van der Waals surface area contributed by atoms with Crippen molar-refractivity contribution in [2.45, 2.75) is 31.7 Å². The van der Waals surface area contributed by atoms with Gasteiger partial charge in [-0.3, -0.25) is 4.90 Å². The Kier molecular flexibility index (Phi) is 5.02. The quantitative estimate of drug-likeness (QED) is 0.890. The fourth-order valence-electron chi connectivity index (χ4n) is 2.82. The topological polar surface area (TPSA) is 38.5 Å². The Balaban J connectivity index is 2.20. The number of likely N-dealkylation sites (tertiary alicyclic amines) is 1. The lowest BCUT2D eigenvalue weighted by Gasteiger charge is -2.30. The van der Waals surface area contributed by atoms with Crippen LogP contribution in [0.1, 0.15) is 37.3 Å². The van der Waals surface area contributed by atoms with Crippen molar-refractivity contribution in [2.75, 3.05) is 26.7 Å². The first-order chi connectivity index (χ1) is 8.86. The number of benzene rings is 1. The van der Waals surface area contributed by atoms with Gasteiger partial charge in [-0.15, -0.1) is 0 Å². The molecular weight excluding hydrogens is 224 g/mol. The third-order valence-electron chi connectivity index (χ3n) is 3.80. The second kappa shape index (κ2) is 6.76. The van der Waals surface area contributed by atoms with E-state index in [9.17, 15) is 0 Å². The molecule has 0 spiro atoms. The minimum Gasteiger partial charge on any atom is -0.496 e. The van der Waals surface area contributed by atoms with Crippen molar-refractivity contribution in [3.63, 3.8) is 0 Å². The molecule has 1 aromatic carbocycles. The lowest BCUT2D eigenvalue weighted by Crippen LogP contribution is -2.34. The minimum absolute atomic E-state index is 0.291. The Bertz CT molecular complexity index is 359. The van der Waals surface area contributed by atoms with E-state index in [-0.39, 0.29) is 0 Å². The molecular formula is C15H24N2O. The van der Waals surface area contributed by atoms with E-state index in [0.29, 0.717) is 12.6 Å². The lowest BCUT2D eigenvalue weighted by atomic mass is 10.0. The van der Waals surface area contributed by atoms with Crippen LogP contribution in [0.15, 0.2) is 24.3 Å². The van der Waals surface area contributed by atoms with E-state index in [1.165, 1.54) is 31.2 Å². The Morgan fingerprint density at radius 2 is 1.83 bits per heavy atom. The van der Waals surface area contributed by atoms with Crippen LogP contribution in [0.3, 0.4) is 0 Å². The maximum atomic E-state index is 6.01. The van der Waals surface area contributed by atoms with E-state index in [1.807, 2.05) is 12.1 Å². The lowest BCUT2D eigenvalue weighted by molar-refractivity contribution is 0.205. The molecule has 3 heteroatoms. The average Bonchev–Trinajstić information content (AvgIpc) is 2.69. The van der Waals surface area contributed by atoms with E-state index in [4.69, 9.17) is 10.5 Å². The monoisotopic (exact) mass is 248 g/mol.